The number of alkyl halides is 3. The van der Waals surface area contributed by atoms with E-state index in [0.717, 1.165) is 25.7 Å². The third kappa shape index (κ3) is 4.01. The van der Waals surface area contributed by atoms with Crippen molar-refractivity contribution in [1.82, 2.24) is 15.0 Å². The van der Waals surface area contributed by atoms with Gasteiger partial charge in [-0.2, -0.15) is 13.8 Å². The van der Waals surface area contributed by atoms with Gasteiger partial charge < -0.3 is 25.0 Å². The number of halogens is 3. The first-order valence-electron chi connectivity index (χ1n) is 10.8. The van der Waals surface area contributed by atoms with Crippen LogP contribution in [0.5, 0.6) is 5.75 Å². The second kappa shape index (κ2) is 8.61. The Morgan fingerprint density at radius 2 is 2.06 bits per heavy atom. The van der Waals surface area contributed by atoms with Crippen molar-refractivity contribution in [3.63, 3.8) is 0 Å². The van der Waals surface area contributed by atoms with Crippen LogP contribution in [0.25, 0.3) is 11.3 Å². The summed E-state index contributed by atoms with van der Waals surface area (Å²) < 4.78 is 49.5. The van der Waals surface area contributed by atoms with Crippen molar-refractivity contribution in [2.45, 2.75) is 50.5 Å². The third-order valence-electron chi connectivity index (χ3n) is 6.39. The number of piperidine rings is 1. The molecule has 4 aliphatic heterocycles. The minimum atomic E-state index is -3.02. The minimum Gasteiger partial charge on any atom is -0.431 e. The Hall–Kier alpha value is -2.82. The lowest BCUT2D eigenvalue weighted by atomic mass is 9.97. The van der Waals surface area contributed by atoms with Gasteiger partial charge in [-0.25, -0.2) is 14.4 Å². The second-order valence-electron chi connectivity index (χ2n) is 8.38. The van der Waals surface area contributed by atoms with Crippen LogP contribution < -0.4 is 20.3 Å². The molecule has 6 heterocycles. The lowest BCUT2D eigenvalue weighted by molar-refractivity contribution is -0.0494. The number of nitrogens with two attached hydrogens (primary N) is 1. The van der Waals surface area contributed by atoms with Crippen LogP contribution >= 0.6 is 0 Å². The molecule has 0 saturated carbocycles. The lowest BCUT2D eigenvalue weighted by Crippen LogP contribution is -2.55. The Morgan fingerprint density at radius 1 is 1.19 bits per heavy atom. The van der Waals surface area contributed by atoms with E-state index in [1.54, 1.807) is 0 Å². The maximum atomic E-state index is 13.6. The first-order chi connectivity index (χ1) is 15.5. The summed E-state index contributed by atoms with van der Waals surface area (Å²) >= 11 is 0. The number of pyridine rings is 1. The first-order valence-corrected chi connectivity index (χ1v) is 10.8. The van der Waals surface area contributed by atoms with E-state index in [2.05, 4.69) is 19.6 Å². The molecule has 2 bridgehead atoms. The molecule has 0 aliphatic carbocycles. The van der Waals surface area contributed by atoms with Crippen molar-refractivity contribution in [3.05, 3.63) is 18.3 Å². The van der Waals surface area contributed by atoms with Gasteiger partial charge in [0.2, 0.25) is 5.95 Å². The Bertz CT molecular complexity index is 973. The minimum absolute atomic E-state index is 0.133. The normalized spacial score (nSPS) is 25.1. The number of fused-ring (bicyclic) bond motifs is 3. The number of hydrogen-bond donors (Lipinski definition) is 1. The lowest BCUT2D eigenvalue weighted by Gasteiger charge is -2.45. The van der Waals surface area contributed by atoms with Gasteiger partial charge in [0.15, 0.2) is 11.6 Å². The molecule has 32 heavy (non-hydrogen) atoms. The van der Waals surface area contributed by atoms with Gasteiger partial charge in [-0.3, -0.25) is 0 Å². The van der Waals surface area contributed by atoms with E-state index in [0.29, 0.717) is 42.7 Å². The summed E-state index contributed by atoms with van der Waals surface area (Å²) in [5, 5.41) is 0. The van der Waals surface area contributed by atoms with Gasteiger partial charge in [0.05, 0.1) is 30.5 Å². The van der Waals surface area contributed by atoms with Gasteiger partial charge in [-0.15, -0.1) is 0 Å². The number of rotatable bonds is 6. The van der Waals surface area contributed by atoms with Crippen molar-refractivity contribution >= 4 is 17.6 Å². The van der Waals surface area contributed by atoms with Crippen LogP contribution in [-0.4, -0.2) is 66.1 Å². The largest absolute Gasteiger partial charge is 0.431 e. The quantitative estimate of drug-likeness (QED) is 0.719. The second-order valence-corrected chi connectivity index (χ2v) is 8.38. The number of morpholine rings is 1. The van der Waals surface area contributed by atoms with Gasteiger partial charge in [-0.1, -0.05) is 0 Å². The molecule has 0 aromatic carbocycles. The van der Waals surface area contributed by atoms with Crippen LogP contribution in [0.3, 0.4) is 0 Å². The van der Waals surface area contributed by atoms with Crippen LogP contribution in [0.4, 0.5) is 30.8 Å². The predicted octanol–water partition coefficient (Wildman–Crippen LogP) is 3.03. The highest BCUT2D eigenvalue weighted by molar-refractivity contribution is 5.68. The van der Waals surface area contributed by atoms with Gasteiger partial charge >= 0.3 is 6.61 Å². The molecule has 11 heteroatoms. The molecule has 4 saturated heterocycles. The number of hydrogen-bond acceptors (Lipinski definition) is 8. The first kappa shape index (κ1) is 21.0. The molecule has 2 aromatic rings. The maximum Gasteiger partial charge on any atom is 0.387 e. The predicted molar refractivity (Wildman–Crippen MR) is 113 cm³/mol. The fourth-order valence-electron chi connectivity index (χ4n) is 4.72. The highest BCUT2D eigenvalue weighted by Gasteiger charge is 2.36. The van der Waals surface area contributed by atoms with Crippen molar-refractivity contribution in [1.29, 1.82) is 0 Å². The summed E-state index contributed by atoms with van der Waals surface area (Å²) in [7, 11) is 0. The van der Waals surface area contributed by atoms with E-state index in [1.807, 2.05) is 11.0 Å². The molecular weight excluding hydrogens is 425 g/mol. The molecule has 172 valence electrons. The zero-order valence-electron chi connectivity index (χ0n) is 17.5. The number of aromatic nitrogens is 3. The summed E-state index contributed by atoms with van der Waals surface area (Å²) in [5.74, 6) is 0.785. The molecule has 0 amide bonds. The summed E-state index contributed by atoms with van der Waals surface area (Å²) in [4.78, 5) is 17.5. The fourth-order valence-corrected chi connectivity index (χ4v) is 4.72. The van der Waals surface area contributed by atoms with Gasteiger partial charge in [0.1, 0.15) is 12.5 Å². The number of ether oxygens (including phenoxy) is 2. The Balaban J connectivity index is 1.57. The Kier molecular flexibility index (Phi) is 5.66. The topological polar surface area (TPSA) is 89.6 Å². The molecular formula is C21H25F3N6O2. The average molecular weight is 450 g/mol. The SMILES string of the molecule is Nc1ncc(-c2cc(N3C[C@@H]4CC[C@H]3CO4)nc(N3CCC[C@H]3CF)n2)cc1OC(F)F. The molecule has 0 unspecified atom stereocenters. The zero-order chi connectivity index (χ0) is 22.2. The summed E-state index contributed by atoms with van der Waals surface area (Å²) in [6.45, 7) is -1.50. The standard InChI is InChI=1S/C21H25F3N6O2/c22-8-13-2-1-5-29(13)21-27-16(12-6-17(32-20(23)24)19(25)26-9-12)7-18(28-21)30-10-15-4-3-14(30)11-31-15/h6-7,9,13-15,20H,1-5,8,10-11H2,(H2,25,26)/t13-,14-,15-/m0/s1. The van der Waals surface area contributed by atoms with Crippen molar-refractivity contribution in [2.75, 3.05) is 41.9 Å². The van der Waals surface area contributed by atoms with E-state index < -0.39 is 13.3 Å². The smallest absolute Gasteiger partial charge is 0.387 e. The maximum absolute atomic E-state index is 13.6. The summed E-state index contributed by atoms with van der Waals surface area (Å²) in [6.07, 6.45) is 5.22. The molecule has 0 radical (unpaired) electrons. The molecule has 4 fully saturated rings. The van der Waals surface area contributed by atoms with E-state index in [4.69, 9.17) is 15.5 Å². The van der Waals surface area contributed by atoms with Crippen LogP contribution in [0.1, 0.15) is 25.7 Å². The van der Waals surface area contributed by atoms with Gasteiger partial charge in [-0.05, 0) is 31.7 Å². The van der Waals surface area contributed by atoms with Crippen LogP contribution in [0.2, 0.25) is 0 Å². The van der Waals surface area contributed by atoms with E-state index in [1.165, 1.54) is 12.3 Å². The van der Waals surface area contributed by atoms with Crippen molar-refractivity contribution in [2.24, 2.45) is 0 Å². The summed E-state index contributed by atoms with van der Waals surface area (Å²) in [5.41, 5.74) is 6.65. The molecule has 2 aromatic heterocycles. The number of nitrogens with zero attached hydrogens (tertiary/aromatic N) is 5. The highest BCUT2D eigenvalue weighted by Crippen LogP contribution is 2.35. The van der Waals surface area contributed by atoms with E-state index in [9.17, 15) is 13.2 Å². The van der Waals surface area contributed by atoms with Crippen molar-refractivity contribution < 1.29 is 22.6 Å². The number of anilines is 3. The monoisotopic (exact) mass is 450 g/mol. The van der Waals surface area contributed by atoms with E-state index >= 15 is 0 Å². The Morgan fingerprint density at radius 3 is 2.75 bits per heavy atom. The Labute approximate surface area is 183 Å². The molecule has 4 aliphatic rings. The summed E-state index contributed by atoms with van der Waals surface area (Å²) in [6, 6.07) is 3.13. The molecule has 8 nitrogen and oxygen atoms in total. The van der Waals surface area contributed by atoms with E-state index in [-0.39, 0.29) is 29.8 Å². The van der Waals surface area contributed by atoms with Crippen LogP contribution in [0, 0.1) is 0 Å². The molecule has 3 atom stereocenters. The molecule has 0 spiro atoms. The van der Waals surface area contributed by atoms with Crippen LogP contribution in [0.15, 0.2) is 18.3 Å². The van der Waals surface area contributed by atoms with Gasteiger partial charge in [0, 0.05) is 30.9 Å². The zero-order valence-corrected chi connectivity index (χ0v) is 17.5. The van der Waals surface area contributed by atoms with Gasteiger partial charge in [0.25, 0.3) is 0 Å². The molecule has 6 rings (SSSR count). The highest BCUT2D eigenvalue weighted by atomic mass is 19.3. The molecule has 2 N–H and O–H groups in total. The van der Waals surface area contributed by atoms with Crippen LogP contribution in [-0.2, 0) is 4.74 Å². The van der Waals surface area contributed by atoms with Crippen molar-refractivity contribution in [3.8, 4) is 17.0 Å². The number of nitrogen functional groups attached to an aromatic ring is 1. The average Bonchev–Trinajstić information content (AvgIpc) is 3.30. The fraction of sp³-hybridized carbons (Fsp3) is 0.571. The third-order valence-corrected chi connectivity index (χ3v) is 6.39.